The van der Waals surface area contributed by atoms with Gasteiger partial charge in [-0.3, -0.25) is 0 Å². The Labute approximate surface area is 79.0 Å². The number of hydrogen-bond donors (Lipinski definition) is 0. The first-order valence-corrected chi connectivity index (χ1v) is 5.48. The Morgan fingerprint density at radius 1 is 0.615 bits per heavy atom. The average molecular weight is 170 g/mol. The van der Waals surface area contributed by atoms with E-state index in [0.717, 1.165) is 35.5 Å². The summed E-state index contributed by atoms with van der Waals surface area (Å²) in [7, 11) is 0. The second-order valence-corrected chi connectivity index (χ2v) is 5.03. The summed E-state index contributed by atoms with van der Waals surface area (Å²) in [6, 6.07) is 0. The molecular formula is C13H14. The second-order valence-electron chi connectivity index (χ2n) is 5.03. The van der Waals surface area contributed by atoms with Gasteiger partial charge in [0.25, 0.3) is 0 Å². The van der Waals surface area contributed by atoms with Crippen LogP contribution in [0.2, 0.25) is 0 Å². The maximum atomic E-state index is 2.50. The van der Waals surface area contributed by atoms with Gasteiger partial charge >= 0.3 is 0 Å². The van der Waals surface area contributed by atoms with Gasteiger partial charge in [-0.2, -0.15) is 0 Å². The van der Waals surface area contributed by atoms with Crippen LogP contribution in [-0.2, 0) is 0 Å². The van der Waals surface area contributed by atoms with Crippen LogP contribution >= 0.6 is 0 Å². The molecule has 0 aliphatic heterocycles. The van der Waals surface area contributed by atoms with E-state index in [4.69, 9.17) is 0 Å². The van der Waals surface area contributed by atoms with Crippen molar-refractivity contribution in [3.63, 3.8) is 0 Å². The maximum Gasteiger partial charge on any atom is -0.00958 e. The van der Waals surface area contributed by atoms with Gasteiger partial charge < -0.3 is 0 Å². The fourth-order valence-electron chi connectivity index (χ4n) is 3.90. The molecule has 66 valence electrons. The molecule has 13 heavy (non-hydrogen) atoms. The van der Waals surface area contributed by atoms with Crippen LogP contribution < -0.4 is 0 Å². The first-order chi connectivity index (χ1) is 6.45. The Hall–Kier alpha value is -0.780. The van der Waals surface area contributed by atoms with Crippen LogP contribution in [0.4, 0.5) is 0 Å². The molecule has 0 spiro atoms. The molecule has 0 aromatic rings. The van der Waals surface area contributed by atoms with Gasteiger partial charge in [0.1, 0.15) is 0 Å². The highest BCUT2D eigenvalue weighted by atomic mass is 14.6. The minimum absolute atomic E-state index is 0.851. The Morgan fingerprint density at radius 2 is 1.15 bits per heavy atom. The number of rotatable bonds is 0. The standard InChI is InChI=1S/C13H14/c1-2-4-9-8(3-1)10-5-6-11(9)13-7-12(10)13/h1-6,8-13H,7H2/t8-,9+,10-,11+,12-,13+. The highest BCUT2D eigenvalue weighted by Crippen LogP contribution is 2.64. The van der Waals surface area contributed by atoms with E-state index < -0.39 is 0 Å². The molecule has 5 aliphatic rings. The molecule has 2 fully saturated rings. The molecule has 6 atom stereocenters. The van der Waals surface area contributed by atoms with Gasteiger partial charge in [0.05, 0.1) is 0 Å². The van der Waals surface area contributed by atoms with E-state index in [1.807, 2.05) is 0 Å². The minimum Gasteiger partial charge on any atom is -0.0842 e. The van der Waals surface area contributed by atoms with Crippen LogP contribution in [0.3, 0.4) is 0 Å². The predicted molar refractivity (Wildman–Crippen MR) is 53.0 cm³/mol. The van der Waals surface area contributed by atoms with E-state index in [-0.39, 0.29) is 0 Å². The van der Waals surface area contributed by atoms with E-state index in [1.165, 1.54) is 6.42 Å². The monoisotopic (exact) mass is 170 g/mol. The first-order valence-electron chi connectivity index (χ1n) is 5.48. The Kier molecular flexibility index (Phi) is 1.02. The van der Waals surface area contributed by atoms with E-state index in [1.54, 1.807) is 0 Å². The predicted octanol–water partition coefficient (Wildman–Crippen LogP) is 2.80. The van der Waals surface area contributed by atoms with E-state index in [2.05, 4.69) is 36.5 Å². The van der Waals surface area contributed by atoms with Crippen LogP contribution in [0.5, 0.6) is 0 Å². The van der Waals surface area contributed by atoms with Gasteiger partial charge in [0.2, 0.25) is 0 Å². The van der Waals surface area contributed by atoms with Crippen molar-refractivity contribution >= 4 is 0 Å². The van der Waals surface area contributed by atoms with Crippen molar-refractivity contribution in [1.82, 2.24) is 0 Å². The highest BCUT2D eigenvalue weighted by Gasteiger charge is 2.58. The van der Waals surface area contributed by atoms with Gasteiger partial charge in [-0.25, -0.2) is 0 Å². The molecule has 5 aliphatic carbocycles. The lowest BCUT2D eigenvalue weighted by Crippen LogP contribution is -2.37. The van der Waals surface area contributed by atoms with Gasteiger partial charge in [0.15, 0.2) is 0 Å². The van der Waals surface area contributed by atoms with Crippen LogP contribution in [0.15, 0.2) is 36.5 Å². The summed E-state index contributed by atoms with van der Waals surface area (Å²) in [5, 5.41) is 0. The molecule has 2 bridgehead atoms. The molecule has 0 saturated heterocycles. The van der Waals surface area contributed by atoms with Crippen molar-refractivity contribution < 1.29 is 0 Å². The molecule has 0 aromatic heterocycles. The summed E-state index contributed by atoms with van der Waals surface area (Å²) in [5.41, 5.74) is 0. The van der Waals surface area contributed by atoms with Crippen LogP contribution in [0.25, 0.3) is 0 Å². The van der Waals surface area contributed by atoms with Crippen molar-refractivity contribution in [2.24, 2.45) is 35.5 Å². The fraction of sp³-hybridized carbons (Fsp3) is 0.538. The zero-order valence-electron chi connectivity index (χ0n) is 7.64. The van der Waals surface area contributed by atoms with Crippen molar-refractivity contribution in [2.45, 2.75) is 6.42 Å². The van der Waals surface area contributed by atoms with Gasteiger partial charge in [0, 0.05) is 0 Å². The van der Waals surface area contributed by atoms with Crippen molar-refractivity contribution in [3.05, 3.63) is 36.5 Å². The van der Waals surface area contributed by atoms with Crippen LogP contribution in [0, 0.1) is 35.5 Å². The third-order valence-electron chi connectivity index (χ3n) is 4.55. The molecular weight excluding hydrogens is 156 g/mol. The smallest absolute Gasteiger partial charge is 0.00958 e. The molecule has 0 N–H and O–H groups in total. The topological polar surface area (TPSA) is 0 Å². The lowest BCUT2D eigenvalue weighted by Gasteiger charge is -2.43. The highest BCUT2D eigenvalue weighted by molar-refractivity contribution is 5.30. The van der Waals surface area contributed by atoms with Crippen LogP contribution in [0.1, 0.15) is 6.42 Å². The number of allylic oxidation sites excluding steroid dienone is 6. The summed E-state index contributed by atoms with van der Waals surface area (Å²) in [4.78, 5) is 0. The maximum absolute atomic E-state index is 2.50. The first kappa shape index (κ1) is 6.64. The molecule has 0 aromatic carbocycles. The summed E-state index contributed by atoms with van der Waals surface area (Å²) in [6.07, 6.45) is 15.9. The SMILES string of the molecule is C1=C[C@@H]2[C@H](C=C1)[C@@H]1C=C[C@H]2[C@H]2C[C@@H]12. The van der Waals surface area contributed by atoms with E-state index in [0.29, 0.717) is 0 Å². The van der Waals surface area contributed by atoms with Crippen molar-refractivity contribution in [3.8, 4) is 0 Å². The average Bonchev–Trinajstić information content (AvgIpc) is 2.98. The van der Waals surface area contributed by atoms with E-state index in [9.17, 15) is 0 Å². The third kappa shape index (κ3) is 0.688. The largest absolute Gasteiger partial charge is 0.0842 e. The molecule has 0 heterocycles. The zero-order valence-corrected chi connectivity index (χ0v) is 7.64. The minimum atomic E-state index is 0.851. The Morgan fingerprint density at radius 3 is 1.69 bits per heavy atom. The molecule has 0 amide bonds. The summed E-state index contributed by atoms with van der Waals surface area (Å²) in [6.45, 7) is 0. The molecule has 0 nitrogen and oxygen atoms in total. The Balaban J connectivity index is 1.85. The van der Waals surface area contributed by atoms with E-state index >= 15 is 0 Å². The molecule has 0 heteroatoms. The van der Waals surface area contributed by atoms with Crippen molar-refractivity contribution in [1.29, 1.82) is 0 Å². The van der Waals surface area contributed by atoms with Gasteiger partial charge in [-0.05, 0) is 41.9 Å². The second kappa shape index (κ2) is 2.00. The van der Waals surface area contributed by atoms with Crippen LogP contribution in [-0.4, -0.2) is 0 Å². The van der Waals surface area contributed by atoms with Gasteiger partial charge in [-0.15, -0.1) is 0 Å². The Bertz CT molecular complexity index is 302. The van der Waals surface area contributed by atoms with Gasteiger partial charge in [-0.1, -0.05) is 36.5 Å². The zero-order chi connectivity index (χ0) is 8.41. The summed E-state index contributed by atoms with van der Waals surface area (Å²) >= 11 is 0. The quantitative estimate of drug-likeness (QED) is 0.490. The summed E-state index contributed by atoms with van der Waals surface area (Å²) < 4.78 is 0. The fourth-order valence-corrected chi connectivity index (χ4v) is 3.90. The normalized spacial score (nSPS) is 59.1. The molecule has 0 radical (unpaired) electrons. The lowest BCUT2D eigenvalue weighted by molar-refractivity contribution is 0.182. The molecule has 0 unspecified atom stereocenters. The third-order valence-corrected chi connectivity index (χ3v) is 4.55. The lowest BCUT2D eigenvalue weighted by atomic mass is 9.61. The van der Waals surface area contributed by atoms with Crippen molar-refractivity contribution in [2.75, 3.05) is 0 Å². The summed E-state index contributed by atoms with van der Waals surface area (Å²) in [5.74, 6) is 5.61. The molecule has 2 saturated carbocycles. The number of hydrogen-bond acceptors (Lipinski definition) is 0. The molecule has 5 rings (SSSR count).